The third-order valence-corrected chi connectivity index (χ3v) is 11.1. The molecule has 0 saturated heterocycles. The van der Waals surface area contributed by atoms with Crippen LogP contribution in [0.3, 0.4) is 0 Å². The summed E-state index contributed by atoms with van der Waals surface area (Å²) in [5.74, 6) is 0.411. The van der Waals surface area contributed by atoms with Crippen molar-refractivity contribution in [2.45, 2.75) is 89.3 Å². The molecule has 0 heterocycles. The van der Waals surface area contributed by atoms with Gasteiger partial charge in [-0.15, -0.1) is 0 Å². The number of hydrogen-bond donors (Lipinski definition) is 1. The normalized spacial score (nSPS) is 33.9. The van der Waals surface area contributed by atoms with E-state index in [0.717, 1.165) is 43.8 Å². The van der Waals surface area contributed by atoms with E-state index in [1.807, 2.05) is 6.08 Å². The van der Waals surface area contributed by atoms with Gasteiger partial charge in [-0.25, -0.2) is 0 Å². The number of aliphatic hydroxyl groups is 1. The molecule has 2 aliphatic carbocycles. The fourth-order valence-electron chi connectivity index (χ4n) is 4.53. The van der Waals surface area contributed by atoms with Crippen molar-refractivity contribution in [3.05, 3.63) is 11.6 Å². The molecule has 0 aliphatic heterocycles. The Labute approximate surface area is 148 Å². The van der Waals surface area contributed by atoms with Crippen molar-refractivity contribution in [1.82, 2.24) is 0 Å². The maximum Gasteiger partial charge on any atom is 0.193 e. The lowest BCUT2D eigenvalue weighted by atomic mass is 9.83. The summed E-state index contributed by atoms with van der Waals surface area (Å²) in [6.45, 7) is 9.43. The van der Waals surface area contributed by atoms with Crippen LogP contribution in [0.25, 0.3) is 0 Å². The molecule has 0 amide bonds. The summed E-state index contributed by atoms with van der Waals surface area (Å²) in [4.78, 5) is 0. The Morgan fingerprint density at radius 3 is 2.42 bits per heavy atom. The van der Waals surface area contributed by atoms with Crippen molar-refractivity contribution in [3.8, 4) is 0 Å². The van der Waals surface area contributed by atoms with E-state index in [-0.39, 0.29) is 17.8 Å². The van der Waals surface area contributed by atoms with Gasteiger partial charge in [0.2, 0.25) is 0 Å². The monoisotopic (exact) mass is 356 g/mol. The Hall–Kier alpha value is -0.203. The predicted octanol–water partition coefficient (Wildman–Crippen LogP) is 4.25. The van der Waals surface area contributed by atoms with Crippen molar-refractivity contribution in [3.63, 3.8) is 0 Å². The van der Waals surface area contributed by atoms with Crippen molar-refractivity contribution in [2.75, 3.05) is 13.9 Å². The van der Waals surface area contributed by atoms with Crippen LogP contribution >= 0.6 is 0 Å². The Balaban J connectivity index is 2.39. The smallest absolute Gasteiger partial charge is 0.193 e. The molecule has 0 aromatic heterocycles. The first-order valence-electron chi connectivity index (χ1n) is 9.67. The number of hydrogen-bond acceptors (Lipinski definition) is 4. The fourth-order valence-corrected chi connectivity index (χ4v) is 7.66. The van der Waals surface area contributed by atoms with Gasteiger partial charge in [-0.2, -0.15) is 0 Å². The molecular formula is C19H36O4Si. The van der Waals surface area contributed by atoms with Gasteiger partial charge in [-0.05, 0) is 55.3 Å². The molecule has 2 rings (SSSR count). The lowest BCUT2D eigenvalue weighted by Gasteiger charge is -2.45. The quantitative estimate of drug-likeness (QED) is 0.401. The van der Waals surface area contributed by atoms with E-state index in [4.69, 9.17) is 13.9 Å². The molecular weight excluding hydrogens is 320 g/mol. The van der Waals surface area contributed by atoms with Gasteiger partial charge in [0.05, 0.1) is 17.8 Å². The highest BCUT2D eigenvalue weighted by atomic mass is 28.4. The summed E-state index contributed by atoms with van der Waals surface area (Å²) < 4.78 is 18.2. The average Bonchev–Trinajstić information content (AvgIpc) is 2.88. The van der Waals surface area contributed by atoms with Crippen molar-refractivity contribution in [1.29, 1.82) is 0 Å². The number of aliphatic hydroxyl groups excluding tert-OH is 1. The van der Waals surface area contributed by atoms with Crippen LogP contribution in [0.1, 0.15) is 53.4 Å². The summed E-state index contributed by atoms with van der Waals surface area (Å²) in [5, 5.41) is 10.4. The van der Waals surface area contributed by atoms with E-state index in [1.54, 1.807) is 7.11 Å². The molecule has 1 saturated carbocycles. The van der Waals surface area contributed by atoms with E-state index in [9.17, 15) is 5.11 Å². The summed E-state index contributed by atoms with van der Waals surface area (Å²) in [6.07, 6.45) is 5.42. The van der Waals surface area contributed by atoms with Gasteiger partial charge in [0.15, 0.2) is 8.32 Å². The fraction of sp³-hybridized carbons (Fsp3) is 0.895. The SMILES string of the molecule is CC[Si](CC)(CC)O[C@]12CC[C@@H](OCOC)C1=C[C@H](O)CC[C@@H]2C. The zero-order chi connectivity index (χ0) is 17.8. The van der Waals surface area contributed by atoms with Gasteiger partial charge >= 0.3 is 0 Å². The molecule has 0 unspecified atom stereocenters. The number of fused-ring (bicyclic) bond motifs is 1. The molecule has 1 fully saturated rings. The van der Waals surface area contributed by atoms with E-state index < -0.39 is 8.32 Å². The van der Waals surface area contributed by atoms with Gasteiger partial charge in [-0.1, -0.05) is 33.8 Å². The van der Waals surface area contributed by atoms with Gasteiger partial charge in [0.1, 0.15) is 6.79 Å². The first-order valence-corrected chi connectivity index (χ1v) is 12.2. The van der Waals surface area contributed by atoms with Crippen LogP contribution in [0.2, 0.25) is 18.1 Å². The molecule has 140 valence electrons. The minimum Gasteiger partial charge on any atom is -0.407 e. The van der Waals surface area contributed by atoms with Crippen LogP contribution in [-0.4, -0.2) is 45.1 Å². The summed E-state index contributed by atoms with van der Waals surface area (Å²) in [5.41, 5.74) is 0.939. The predicted molar refractivity (Wildman–Crippen MR) is 99.5 cm³/mol. The maximum atomic E-state index is 10.4. The van der Waals surface area contributed by atoms with Gasteiger partial charge < -0.3 is 19.0 Å². The third-order valence-electron chi connectivity index (χ3n) is 6.40. The topological polar surface area (TPSA) is 47.9 Å². The molecule has 0 radical (unpaired) electrons. The van der Waals surface area contributed by atoms with Crippen molar-refractivity contribution < 1.29 is 19.0 Å². The average molecular weight is 357 g/mol. The standard InChI is InChI=1S/C19H36O4Si/c1-6-24(7-2,8-3)23-19-12-11-18(22-14-21-5)17(19)13-16(20)10-9-15(19)4/h13,15-16,18,20H,6-12,14H2,1-5H3/t15-,16+,18+,19-/m0/s1. The molecule has 4 nitrogen and oxygen atoms in total. The van der Waals surface area contributed by atoms with Crippen LogP contribution in [0.5, 0.6) is 0 Å². The van der Waals surface area contributed by atoms with E-state index in [2.05, 4.69) is 27.7 Å². The molecule has 4 atom stereocenters. The molecule has 2 aliphatic rings. The Morgan fingerprint density at radius 1 is 1.17 bits per heavy atom. The van der Waals surface area contributed by atoms with E-state index >= 15 is 0 Å². The summed E-state index contributed by atoms with van der Waals surface area (Å²) in [6, 6.07) is 3.44. The third kappa shape index (κ3) is 3.80. The molecule has 24 heavy (non-hydrogen) atoms. The zero-order valence-corrected chi connectivity index (χ0v) is 17.1. The van der Waals surface area contributed by atoms with Gasteiger partial charge in [0.25, 0.3) is 0 Å². The van der Waals surface area contributed by atoms with Crippen LogP contribution in [0, 0.1) is 5.92 Å². The summed E-state index contributed by atoms with van der Waals surface area (Å²) >= 11 is 0. The van der Waals surface area contributed by atoms with Gasteiger partial charge in [-0.3, -0.25) is 0 Å². The Bertz CT molecular complexity index is 427. The molecule has 0 aromatic rings. The minimum atomic E-state index is -1.76. The van der Waals surface area contributed by atoms with E-state index in [1.165, 1.54) is 5.57 Å². The van der Waals surface area contributed by atoms with Crippen LogP contribution < -0.4 is 0 Å². The van der Waals surface area contributed by atoms with Crippen LogP contribution in [0.4, 0.5) is 0 Å². The van der Waals surface area contributed by atoms with E-state index in [0.29, 0.717) is 12.7 Å². The summed E-state index contributed by atoms with van der Waals surface area (Å²) in [7, 11) is -0.103. The minimum absolute atomic E-state index is 0.0115. The largest absolute Gasteiger partial charge is 0.407 e. The lowest BCUT2D eigenvalue weighted by molar-refractivity contribution is -0.0595. The van der Waals surface area contributed by atoms with Crippen molar-refractivity contribution in [2.24, 2.45) is 5.92 Å². The maximum absolute atomic E-state index is 10.4. The first-order chi connectivity index (χ1) is 11.5. The Morgan fingerprint density at radius 2 is 1.83 bits per heavy atom. The number of ether oxygens (including phenoxy) is 2. The van der Waals surface area contributed by atoms with Crippen LogP contribution in [-0.2, 0) is 13.9 Å². The molecule has 0 spiro atoms. The zero-order valence-electron chi connectivity index (χ0n) is 16.1. The Kier molecular flexibility index (Phi) is 7.08. The molecule has 5 heteroatoms. The molecule has 0 bridgehead atoms. The van der Waals surface area contributed by atoms with Crippen LogP contribution in [0.15, 0.2) is 11.6 Å². The second-order valence-electron chi connectivity index (χ2n) is 7.50. The second-order valence-corrected chi connectivity index (χ2v) is 12.2. The first kappa shape index (κ1) is 20.1. The highest BCUT2D eigenvalue weighted by molar-refractivity contribution is 6.73. The highest BCUT2D eigenvalue weighted by Gasteiger charge is 2.53. The van der Waals surface area contributed by atoms with Gasteiger partial charge in [0, 0.05) is 7.11 Å². The second kappa shape index (κ2) is 8.45. The lowest BCUT2D eigenvalue weighted by Crippen LogP contribution is -2.50. The highest BCUT2D eigenvalue weighted by Crippen LogP contribution is 2.50. The number of rotatable bonds is 8. The number of methoxy groups -OCH3 is 1. The molecule has 0 aromatic carbocycles. The molecule has 1 N–H and O–H groups in total. The van der Waals surface area contributed by atoms with Crippen molar-refractivity contribution >= 4 is 8.32 Å².